The predicted octanol–water partition coefficient (Wildman–Crippen LogP) is 2.51. The van der Waals surface area contributed by atoms with Gasteiger partial charge in [-0.1, -0.05) is 17.8 Å². The summed E-state index contributed by atoms with van der Waals surface area (Å²) >= 11 is 2.83. The number of carbonyl (C=O) groups excluding carboxylic acids is 1. The Morgan fingerprint density at radius 1 is 1.48 bits per heavy atom. The molecule has 1 amide bonds. The zero-order valence-corrected chi connectivity index (χ0v) is 14.6. The number of thiophene rings is 1. The number of thioether (sulfide) groups is 1. The van der Waals surface area contributed by atoms with Crippen molar-refractivity contribution in [2.75, 3.05) is 11.5 Å². The van der Waals surface area contributed by atoms with Crippen LogP contribution in [0.1, 0.15) is 23.1 Å². The number of nitrogens with zero attached hydrogens (tertiary/aromatic N) is 4. The summed E-state index contributed by atoms with van der Waals surface area (Å²) in [5.41, 5.74) is 6.26. The summed E-state index contributed by atoms with van der Waals surface area (Å²) in [6.45, 7) is 0. The van der Waals surface area contributed by atoms with Crippen molar-refractivity contribution in [3.63, 3.8) is 0 Å². The van der Waals surface area contributed by atoms with E-state index in [1.54, 1.807) is 17.6 Å². The van der Waals surface area contributed by atoms with E-state index < -0.39 is 0 Å². The Morgan fingerprint density at radius 3 is 3.08 bits per heavy atom. The molecule has 8 nitrogen and oxygen atoms in total. The monoisotopic (exact) mass is 374 g/mol. The van der Waals surface area contributed by atoms with Gasteiger partial charge in [-0.2, -0.15) is 10.1 Å². The summed E-state index contributed by atoms with van der Waals surface area (Å²) in [5, 5.41) is 15.0. The fourth-order valence-electron chi connectivity index (χ4n) is 2.55. The van der Waals surface area contributed by atoms with Crippen LogP contribution in [0, 0.1) is 0 Å². The number of rotatable bonds is 5. The minimum absolute atomic E-state index is 0.117. The number of hydrogen-bond donors (Lipinski definition) is 2. The number of furan rings is 1. The molecule has 0 aromatic carbocycles. The number of nitrogens with two attached hydrogens (primary N) is 1. The van der Waals surface area contributed by atoms with Gasteiger partial charge in [0.2, 0.25) is 11.1 Å². The van der Waals surface area contributed by atoms with E-state index in [0.29, 0.717) is 17.3 Å². The van der Waals surface area contributed by atoms with Crippen LogP contribution in [-0.4, -0.2) is 37.6 Å². The maximum atomic E-state index is 12.7. The molecule has 3 aromatic rings. The first-order chi connectivity index (χ1) is 12.2. The Balaban J connectivity index is 1.53. The number of aromatic amines is 1. The van der Waals surface area contributed by atoms with Crippen molar-refractivity contribution in [3.8, 4) is 0 Å². The minimum Gasteiger partial charge on any atom is -0.463 e. The highest BCUT2D eigenvalue weighted by molar-refractivity contribution is 7.99. The molecular formula is C15H14N6O2S2. The molecule has 4 heterocycles. The summed E-state index contributed by atoms with van der Waals surface area (Å²) in [5.74, 6) is 0.971. The molecule has 3 N–H and O–H groups in total. The van der Waals surface area contributed by atoms with Crippen molar-refractivity contribution in [2.24, 2.45) is 5.10 Å². The lowest BCUT2D eigenvalue weighted by Gasteiger charge is -2.20. The molecule has 1 aliphatic rings. The maximum absolute atomic E-state index is 12.7. The van der Waals surface area contributed by atoms with Gasteiger partial charge in [-0.15, -0.1) is 16.4 Å². The number of carbonyl (C=O) groups is 1. The average Bonchev–Trinajstić information content (AvgIpc) is 3.38. The molecule has 25 heavy (non-hydrogen) atoms. The molecule has 0 spiro atoms. The molecule has 1 aliphatic heterocycles. The van der Waals surface area contributed by atoms with Gasteiger partial charge in [-0.25, -0.2) is 10.1 Å². The Bertz CT molecular complexity index is 887. The molecule has 0 saturated carbocycles. The number of anilines is 1. The van der Waals surface area contributed by atoms with Gasteiger partial charge in [0.05, 0.1) is 18.1 Å². The molecule has 0 aliphatic carbocycles. The van der Waals surface area contributed by atoms with Crippen molar-refractivity contribution >= 4 is 40.7 Å². The SMILES string of the molecule is Nc1nc(SCC(=O)N2N=C(c3ccco3)C[C@H]2c2cccs2)n[nH]1. The largest absolute Gasteiger partial charge is 0.463 e. The van der Waals surface area contributed by atoms with Crippen molar-refractivity contribution in [1.82, 2.24) is 20.2 Å². The van der Waals surface area contributed by atoms with Gasteiger partial charge in [-0.05, 0) is 23.6 Å². The minimum atomic E-state index is -0.120. The van der Waals surface area contributed by atoms with Crippen LogP contribution in [-0.2, 0) is 4.79 Å². The standard InChI is InChI=1S/C15H14N6O2S2/c16-14-17-15(19-18-14)25-8-13(22)21-10(12-4-2-6-24-12)7-9(20-21)11-3-1-5-23-11/h1-6,10H,7-8H2,(H3,16,17,18,19)/t10-/m0/s1. The first kappa shape index (κ1) is 15.9. The zero-order valence-electron chi connectivity index (χ0n) is 13.0. The average molecular weight is 374 g/mol. The zero-order chi connectivity index (χ0) is 17.2. The summed E-state index contributed by atoms with van der Waals surface area (Å²) in [7, 11) is 0. The summed E-state index contributed by atoms with van der Waals surface area (Å²) in [4.78, 5) is 17.8. The van der Waals surface area contributed by atoms with Crippen LogP contribution in [0.15, 0.2) is 50.6 Å². The van der Waals surface area contributed by atoms with E-state index in [0.717, 1.165) is 10.6 Å². The van der Waals surface area contributed by atoms with Crippen LogP contribution in [0.2, 0.25) is 0 Å². The number of H-pyrrole nitrogens is 1. The van der Waals surface area contributed by atoms with Gasteiger partial charge in [0, 0.05) is 11.3 Å². The van der Waals surface area contributed by atoms with Crippen LogP contribution in [0.4, 0.5) is 5.95 Å². The first-order valence-electron chi connectivity index (χ1n) is 7.48. The molecule has 0 saturated heterocycles. The van der Waals surface area contributed by atoms with E-state index in [1.165, 1.54) is 16.8 Å². The first-order valence-corrected chi connectivity index (χ1v) is 9.35. The third-order valence-electron chi connectivity index (χ3n) is 3.65. The maximum Gasteiger partial charge on any atom is 0.253 e. The van der Waals surface area contributed by atoms with Gasteiger partial charge < -0.3 is 10.2 Å². The number of hydrazone groups is 1. The molecular weight excluding hydrogens is 360 g/mol. The van der Waals surface area contributed by atoms with Crippen LogP contribution < -0.4 is 5.73 Å². The number of hydrogen-bond acceptors (Lipinski definition) is 8. The molecule has 0 unspecified atom stereocenters. The van der Waals surface area contributed by atoms with Gasteiger partial charge in [-0.3, -0.25) is 4.79 Å². The third kappa shape index (κ3) is 3.30. The van der Waals surface area contributed by atoms with Crippen molar-refractivity contribution < 1.29 is 9.21 Å². The van der Waals surface area contributed by atoms with E-state index >= 15 is 0 Å². The molecule has 128 valence electrons. The smallest absolute Gasteiger partial charge is 0.253 e. The number of nitrogens with one attached hydrogen (secondary N) is 1. The van der Waals surface area contributed by atoms with E-state index in [4.69, 9.17) is 10.2 Å². The quantitative estimate of drug-likeness (QED) is 0.663. The van der Waals surface area contributed by atoms with Crippen molar-refractivity contribution in [1.29, 1.82) is 0 Å². The normalized spacial score (nSPS) is 17.0. The van der Waals surface area contributed by atoms with Gasteiger partial charge in [0.25, 0.3) is 5.91 Å². The van der Waals surface area contributed by atoms with Crippen LogP contribution >= 0.6 is 23.1 Å². The summed E-state index contributed by atoms with van der Waals surface area (Å²) in [6, 6.07) is 7.53. The van der Waals surface area contributed by atoms with E-state index in [1.807, 2.05) is 29.6 Å². The highest BCUT2D eigenvalue weighted by atomic mass is 32.2. The number of aromatic nitrogens is 3. The Morgan fingerprint density at radius 2 is 2.40 bits per heavy atom. The number of amides is 1. The Hall–Kier alpha value is -2.59. The van der Waals surface area contributed by atoms with Crippen molar-refractivity contribution in [2.45, 2.75) is 17.6 Å². The van der Waals surface area contributed by atoms with Crippen LogP contribution in [0.25, 0.3) is 0 Å². The molecule has 0 bridgehead atoms. The lowest BCUT2D eigenvalue weighted by atomic mass is 10.1. The Kier molecular flexibility index (Phi) is 4.28. The highest BCUT2D eigenvalue weighted by Crippen LogP contribution is 2.35. The lowest BCUT2D eigenvalue weighted by molar-refractivity contribution is -0.130. The summed E-state index contributed by atoms with van der Waals surface area (Å²) < 4.78 is 5.43. The highest BCUT2D eigenvalue weighted by Gasteiger charge is 2.34. The second kappa shape index (κ2) is 6.73. The second-order valence-electron chi connectivity index (χ2n) is 5.29. The van der Waals surface area contributed by atoms with E-state index in [2.05, 4.69) is 20.3 Å². The van der Waals surface area contributed by atoms with Gasteiger partial charge in [0.1, 0.15) is 11.5 Å². The molecule has 1 atom stereocenters. The molecule has 3 aromatic heterocycles. The number of nitrogen functional groups attached to an aromatic ring is 1. The van der Waals surface area contributed by atoms with Crippen LogP contribution in [0.3, 0.4) is 0 Å². The van der Waals surface area contributed by atoms with Gasteiger partial charge in [0.15, 0.2) is 0 Å². The topological polar surface area (TPSA) is 113 Å². The van der Waals surface area contributed by atoms with E-state index in [9.17, 15) is 4.79 Å². The molecule has 10 heteroatoms. The fourth-order valence-corrected chi connectivity index (χ4v) is 4.02. The van der Waals surface area contributed by atoms with Gasteiger partial charge >= 0.3 is 0 Å². The third-order valence-corrected chi connectivity index (χ3v) is 5.46. The molecule has 0 fully saturated rings. The molecule has 4 rings (SSSR count). The molecule has 0 radical (unpaired) electrons. The lowest BCUT2D eigenvalue weighted by Crippen LogP contribution is -2.28. The van der Waals surface area contributed by atoms with Crippen LogP contribution in [0.5, 0.6) is 0 Å². The fraction of sp³-hybridized carbons (Fsp3) is 0.200. The van der Waals surface area contributed by atoms with Crippen molar-refractivity contribution in [3.05, 3.63) is 46.5 Å². The summed E-state index contributed by atoms with van der Waals surface area (Å²) in [6.07, 6.45) is 2.23. The second-order valence-corrected chi connectivity index (χ2v) is 7.21. The van der Waals surface area contributed by atoms with E-state index in [-0.39, 0.29) is 23.7 Å². The predicted molar refractivity (Wildman–Crippen MR) is 95.3 cm³/mol. The Labute approximate surface area is 151 Å².